The summed E-state index contributed by atoms with van der Waals surface area (Å²) < 4.78 is 12.3. The van der Waals surface area contributed by atoms with E-state index in [2.05, 4.69) is 15.8 Å². The van der Waals surface area contributed by atoms with Gasteiger partial charge >= 0.3 is 0 Å². The fraction of sp³-hybridized carbons (Fsp3) is 0.176. The highest BCUT2D eigenvalue weighted by Crippen LogP contribution is 2.31. The van der Waals surface area contributed by atoms with Crippen molar-refractivity contribution >= 4 is 32.6 Å². The second kappa shape index (κ2) is 6.01. The quantitative estimate of drug-likeness (QED) is 0.717. The van der Waals surface area contributed by atoms with Crippen molar-refractivity contribution in [3.05, 3.63) is 48.0 Å². The molecule has 1 aliphatic heterocycles. The summed E-state index contributed by atoms with van der Waals surface area (Å²) in [5.74, 6) is 0.913. The van der Waals surface area contributed by atoms with E-state index in [1.165, 1.54) is 11.3 Å². The van der Waals surface area contributed by atoms with Crippen LogP contribution < -0.4 is 20.3 Å². The number of thiazole rings is 1. The highest BCUT2D eigenvalue weighted by Gasteiger charge is 2.27. The number of fused-ring (bicyclic) bond motifs is 2. The van der Waals surface area contributed by atoms with Crippen LogP contribution in [0.1, 0.15) is 5.56 Å². The molecule has 3 aromatic rings. The van der Waals surface area contributed by atoms with Gasteiger partial charge in [-0.15, -0.1) is 0 Å². The van der Waals surface area contributed by atoms with Gasteiger partial charge in [-0.25, -0.2) is 4.98 Å². The predicted molar refractivity (Wildman–Crippen MR) is 92.5 cm³/mol. The third-order valence-electron chi connectivity index (χ3n) is 3.71. The maximum atomic E-state index is 12.3. The van der Waals surface area contributed by atoms with Crippen LogP contribution >= 0.6 is 11.3 Å². The van der Waals surface area contributed by atoms with Gasteiger partial charge in [0.2, 0.25) is 11.2 Å². The molecule has 24 heavy (non-hydrogen) atoms. The Morgan fingerprint density at radius 1 is 1.21 bits per heavy atom. The Labute approximate surface area is 142 Å². The molecule has 4 rings (SSSR count). The Balaban J connectivity index is 1.42. The molecule has 2 N–H and O–H groups in total. The first kappa shape index (κ1) is 14.8. The van der Waals surface area contributed by atoms with Crippen LogP contribution in [0.2, 0.25) is 0 Å². The Hall–Kier alpha value is -2.80. The molecule has 0 spiro atoms. The number of rotatable bonds is 3. The van der Waals surface area contributed by atoms with Crippen LogP contribution in [0, 0.1) is 6.92 Å². The number of hydrogen-bond donors (Lipinski definition) is 2. The van der Waals surface area contributed by atoms with Crippen LogP contribution in [0.25, 0.3) is 10.2 Å². The summed E-state index contributed by atoms with van der Waals surface area (Å²) in [5.41, 5.74) is 7.52. The number of hydrogen-bond acceptors (Lipinski definition) is 6. The molecule has 1 amide bonds. The summed E-state index contributed by atoms with van der Waals surface area (Å²) in [6.45, 7) is 2.18. The number of aromatic nitrogens is 1. The lowest BCUT2D eigenvalue weighted by molar-refractivity contribution is -0.129. The molecule has 6 nitrogen and oxygen atoms in total. The van der Waals surface area contributed by atoms with Crippen molar-refractivity contribution in [2.75, 3.05) is 12.0 Å². The van der Waals surface area contributed by atoms with Crippen LogP contribution in [-0.4, -0.2) is 23.6 Å². The van der Waals surface area contributed by atoms with Crippen molar-refractivity contribution in [3.63, 3.8) is 0 Å². The van der Waals surface area contributed by atoms with Crippen molar-refractivity contribution in [2.45, 2.75) is 13.0 Å². The summed E-state index contributed by atoms with van der Waals surface area (Å²) >= 11 is 1.48. The summed E-state index contributed by atoms with van der Waals surface area (Å²) in [4.78, 5) is 16.7. The maximum absolute atomic E-state index is 12.3. The minimum atomic E-state index is -0.705. The normalized spacial score (nSPS) is 16.0. The van der Waals surface area contributed by atoms with Gasteiger partial charge < -0.3 is 9.47 Å². The zero-order valence-electron chi connectivity index (χ0n) is 12.9. The molecule has 0 saturated carbocycles. The number of carbonyl (C=O) groups is 1. The van der Waals surface area contributed by atoms with Crippen LogP contribution in [0.5, 0.6) is 11.5 Å². The molecule has 0 fully saturated rings. The minimum Gasteiger partial charge on any atom is -0.485 e. The lowest BCUT2D eigenvalue weighted by atomic mass is 10.2. The first-order chi connectivity index (χ1) is 11.7. The molecule has 0 radical (unpaired) electrons. The van der Waals surface area contributed by atoms with E-state index >= 15 is 0 Å². The number of nitrogens with one attached hydrogen (secondary N) is 2. The second-order valence-electron chi connectivity index (χ2n) is 5.42. The zero-order chi connectivity index (χ0) is 16.5. The molecular formula is C17H15N3O3S. The predicted octanol–water partition coefficient (Wildman–Crippen LogP) is 2.89. The Bertz CT molecular complexity index is 909. The molecule has 0 unspecified atom stereocenters. The summed E-state index contributed by atoms with van der Waals surface area (Å²) in [6.07, 6.45) is -0.705. The van der Waals surface area contributed by atoms with Gasteiger partial charge in [-0.3, -0.25) is 15.6 Å². The van der Waals surface area contributed by atoms with Gasteiger partial charge in [-0.1, -0.05) is 35.6 Å². The molecule has 1 atom stereocenters. The molecule has 122 valence electrons. The highest BCUT2D eigenvalue weighted by atomic mass is 32.1. The van der Waals surface area contributed by atoms with Gasteiger partial charge in [0.05, 0.1) is 10.2 Å². The third kappa shape index (κ3) is 2.74. The first-order valence-electron chi connectivity index (χ1n) is 7.51. The van der Waals surface area contributed by atoms with Crippen molar-refractivity contribution in [3.8, 4) is 11.5 Å². The monoisotopic (exact) mass is 341 g/mol. The molecule has 0 bridgehead atoms. The van der Waals surface area contributed by atoms with Gasteiger partial charge in [-0.2, -0.15) is 0 Å². The van der Waals surface area contributed by atoms with E-state index in [1.54, 1.807) is 6.07 Å². The van der Waals surface area contributed by atoms with Gasteiger partial charge in [0.25, 0.3) is 5.91 Å². The fourth-order valence-electron chi connectivity index (χ4n) is 2.48. The Kier molecular flexibility index (Phi) is 3.70. The molecule has 2 aromatic carbocycles. The Morgan fingerprint density at radius 3 is 2.88 bits per heavy atom. The molecule has 2 heterocycles. The lowest BCUT2D eigenvalue weighted by Gasteiger charge is -2.25. The average molecular weight is 341 g/mol. The number of anilines is 1. The molecule has 1 aromatic heterocycles. The van der Waals surface area contributed by atoms with Gasteiger partial charge in [0, 0.05) is 0 Å². The lowest BCUT2D eigenvalue weighted by Crippen LogP contribution is -2.45. The number of ether oxygens (including phenoxy) is 2. The molecule has 1 aliphatic rings. The SMILES string of the molecule is Cc1cccc2sc(NNC(=O)[C@H]3COc4ccccc4O3)nc12. The number of amides is 1. The topological polar surface area (TPSA) is 72.5 Å². The largest absolute Gasteiger partial charge is 0.485 e. The van der Waals surface area contributed by atoms with Crippen molar-refractivity contribution in [1.29, 1.82) is 0 Å². The first-order valence-corrected chi connectivity index (χ1v) is 8.33. The van der Waals surface area contributed by atoms with E-state index in [0.29, 0.717) is 16.6 Å². The van der Waals surface area contributed by atoms with Gasteiger partial charge in [0.15, 0.2) is 11.5 Å². The van der Waals surface area contributed by atoms with Crippen LogP contribution in [0.15, 0.2) is 42.5 Å². The minimum absolute atomic E-state index is 0.170. The highest BCUT2D eigenvalue weighted by molar-refractivity contribution is 7.22. The summed E-state index contributed by atoms with van der Waals surface area (Å²) in [5, 5.41) is 0.629. The maximum Gasteiger partial charge on any atom is 0.283 e. The number of aryl methyl sites for hydroxylation is 1. The van der Waals surface area contributed by atoms with Crippen molar-refractivity contribution < 1.29 is 14.3 Å². The molecule has 0 saturated heterocycles. The third-order valence-corrected chi connectivity index (χ3v) is 4.65. The van der Waals surface area contributed by atoms with E-state index in [0.717, 1.165) is 15.8 Å². The fourth-order valence-corrected chi connectivity index (χ4v) is 3.38. The van der Waals surface area contributed by atoms with Crippen molar-refractivity contribution in [2.24, 2.45) is 0 Å². The van der Waals surface area contributed by atoms with E-state index in [1.807, 2.05) is 43.3 Å². The van der Waals surface area contributed by atoms with E-state index < -0.39 is 6.10 Å². The van der Waals surface area contributed by atoms with Crippen molar-refractivity contribution in [1.82, 2.24) is 10.4 Å². The number of benzene rings is 2. The van der Waals surface area contributed by atoms with E-state index in [9.17, 15) is 4.79 Å². The van der Waals surface area contributed by atoms with Crippen LogP contribution in [-0.2, 0) is 4.79 Å². The number of carbonyl (C=O) groups excluding carboxylic acids is 1. The number of para-hydroxylation sites is 3. The zero-order valence-corrected chi connectivity index (χ0v) is 13.7. The second-order valence-corrected chi connectivity index (χ2v) is 6.45. The summed E-state index contributed by atoms with van der Waals surface area (Å²) in [7, 11) is 0. The van der Waals surface area contributed by atoms with E-state index in [-0.39, 0.29) is 12.5 Å². The van der Waals surface area contributed by atoms with Gasteiger partial charge in [0.1, 0.15) is 6.61 Å². The smallest absolute Gasteiger partial charge is 0.283 e. The molecular weight excluding hydrogens is 326 g/mol. The van der Waals surface area contributed by atoms with Gasteiger partial charge in [-0.05, 0) is 30.7 Å². The molecule has 7 heteroatoms. The van der Waals surface area contributed by atoms with Crippen LogP contribution in [0.3, 0.4) is 0 Å². The number of nitrogens with zero attached hydrogens (tertiary/aromatic N) is 1. The average Bonchev–Trinajstić information content (AvgIpc) is 3.04. The van der Waals surface area contributed by atoms with E-state index in [4.69, 9.17) is 9.47 Å². The van der Waals surface area contributed by atoms with Crippen LogP contribution in [0.4, 0.5) is 5.13 Å². The summed E-state index contributed by atoms with van der Waals surface area (Å²) in [6, 6.07) is 13.3. The Morgan fingerprint density at radius 2 is 2.04 bits per heavy atom. The number of hydrazine groups is 1. The standard InChI is InChI=1S/C17H15N3O3S/c1-10-5-4-8-14-15(10)18-17(24-14)20-19-16(21)13-9-22-11-6-2-3-7-12(11)23-13/h2-8,13H,9H2,1H3,(H,18,20)(H,19,21)/t13-/m1/s1. The molecule has 0 aliphatic carbocycles.